The minimum Gasteiger partial charge on any atom is -0.249 e. The third-order valence-corrected chi connectivity index (χ3v) is 4.38. The number of hydrogen-bond acceptors (Lipinski definition) is 2. The van der Waals surface area contributed by atoms with E-state index in [9.17, 15) is 5.26 Å². The first-order chi connectivity index (χ1) is 9.31. The van der Waals surface area contributed by atoms with Gasteiger partial charge in [0.1, 0.15) is 5.69 Å². The lowest BCUT2D eigenvalue weighted by Gasteiger charge is -2.44. The van der Waals surface area contributed by atoms with Crippen LogP contribution in [0.4, 0.5) is 5.69 Å². The van der Waals surface area contributed by atoms with Crippen molar-refractivity contribution in [2.45, 2.75) is 25.7 Å². The molecule has 0 saturated carbocycles. The van der Waals surface area contributed by atoms with Gasteiger partial charge in [0.15, 0.2) is 6.07 Å². The first kappa shape index (κ1) is 12.0. The predicted octanol–water partition coefficient (Wildman–Crippen LogP) is 2.82. The summed E-state index contributed by atoms with van der Waals surface area (Å²) in [7, 11) is 0. The second-order valence-electron chi connectivity index (χ2n) is 5.32. The molecule has 94 valence electrons. The average Bonchev–Trinajstić information content (AvgIpc) is 2.45. The summed E-state index contributed by atoms with van der Waals surface area (Å²) in [5.74, 6) is 0. The molecule has 0 unspecified atom stereocenters. The molecule has 0 radical (unpaired) electrons. The number of nitrogens with zero attached hydrogens (tertiary/aromatic N) is 3. The number of benzene rings is 1. The fourth-order valence-corrected chi connectivity index (χ4v) is 3.69. The van der Waals surface area contributed by atoms with Crippen molar-refractivity contribution in [3.63, 3.8) is 0 Å². The van der Waals surface area contributed by atoms with Crippen LogP contribution in [-0.2, 0) is 12.8 Å². The van der Waals surface area contributed by atoms with Gasteiger partial charge in [-0.15, -0.1) is 0 Å². The van der Waals surface area contributed by atoms with Gasteiger partial charge in [0.05, 0.1) is 25.2 Å². The van der Waals surface area contributed by atoms with Crippen LogP contribution in [0, 0.1) is 22.7 Å². The zero-order valence-corrected chi connectivity index (χ0v) is 10.9. The van der Waals surface area contributed by atoms with E-state index in [1.807, 2.05) is 6.07 Å². The highest BCUT2D eigenvalue weighted by Crippen LogP contribution is 2.43. The molecule has 1 aromatic carbocycles. The van der Waals surface area contributed by atoms with E-state index in [4.69, 9.17) is 5.26 Å². The predicted molar refractivity (Wildman–Crippen MR) is 73.9 cm³/mol. The first-order valence-electron chi connectivity index (χ1n) is 6.81. The Labute approximate surface area is 113 Å². The van der Waals surface area contributed by atoms with Crippen molar-refractivity contribution in [2.75, 3.05) is 13.1 Å². The summed E-state index contributed by atoms with van der Waals surface area (Å²) in [5.41, 5.74) is 4.64. The molecule has 0 amide bonds. The molecule has 19 heavy (non-hydrogen) atoms. The van der Waals surface area contributed by atoms with Gasteiger partial charge in [-0.05, 0) is 12.8 Å². The van der Waals surface area contributed by atoms with Gasteiger partial charge >= 0.3 is 0 Å². The van der Waals surface area contributed by atoms with Gasteiger partial charge in [0.2, 0.25) is 5.70 Å². The summed E-state index contributed by atoms with van der Waals surface area (Å²) >= 11 is 0. The van der Waals surface area contributed by atoms with E-state index in [1.165, 1.54) is 22.9 Å². The molecule has 0 spiro atoms. The van der Waals surface area contributed by atoms with Crippen molar-refractivity contribution in [3.05, 3.63) is 41.1 Å². The fourth-order valence-electron chi connectivity index (χ4n) is 3.69. The topological polar surface area (TPSA) is 47.6 Å². The zero-order valence-electron chi connectivity index (χ0n) is 10.9. The van der Waals surface area contributed by atoms with E-state index < -0.39 is 0 Å². The van der Waals surface area contributed by atoms with Crippen molar-refractivity contribution in [1.29, 1.82) is 10.5 Å². The van der Waals surface area contributed by atoms with Crippen LogP contribution in [0.2, 0.25) is 0 Å². The molecule has 2 heterocycles. The third-order valence-electron chi connectivity index (χ3n) is 4.38. The molecule has 3 rings (SSSR count). The van der Waals surface area contributed by atoms with Crippen molar-refractivity contribution in [3.8, 4) is 12.1 Å². The minimum atomic E-state index is 0.607. The third kappa shape index (κ3) is 1.67. The molecule has 0 saturated heterocycles. The van der Waals surface area contributed by atoms with E-state index in [0.717, 1.165) is 38.8 Å². The Morgan fingerprint density at radius 1 is 1.11 bits per heavy atom. The van der Waals surface area contributed by atoms with Gasteiger partial charge < -0.3 is 0 Å². The molecule has 0 aromatic heterocycles. The average molecular weight is 250 g/mol. The smallest absolute Gasteiger partial charge is 0.226 e. The van der Waals surface area contributed by atoms with Crippen LogP contribution in [-0.4, -0.2) is 13.1 Å². The van der Waals surface area contributed by atoms with Crippen molar-refractivity contribution in [2.24, 2.45) is 0 Å². The Bertz CT molecular complexity index is 600. The molecule has 0 fully saturated rings. The molecule has 2 aliphatic rings. The maximum atomic E-state index is 9.46. The molecule has 3 nitrogen and oxygen atoms in total. The molecule has 3 heteroatoms. The van der Waals surface area contributed by atoms with Gasteiger partial charge in [-0.1, -0.05) is 18.2 Å². The number of allylic oxidation sites excluding steroid dienone is 2. The number of hydrogen-bond donors (Lipinski definition) is 0. The lowest BCUT2D eigenvalue weighted by molar-refractivity contribution is 0.307. The van der Waals surface area contributed by atoms with E-state index in [1.54, 1.807) is 0 Å². The standard InChI is InChI=1S/C16H16N3/c17-9-8-15(12-18)19-10-2-6-13-4-1-5-14(16(13)19)7-3-11-19/h1,4-5,8H,2-3,6-7,10-11H2/q+1. The summed E-state index contributed by atoms with van der Waals surface area (Å²) in [6.45, 7) is 1.90. The molecular weight excluding hydrogens is 234 g/mol. The quantitative estimate of drug-likeness (QED) is 0.568. The molecule has 2 aliphatic heterocycles. The monoisotopic (exact) mass is 250 g/mol. The Kier molecular flexibility index (Phi) is 2.85. The normalized spacial score (nSPS) is 20.0. The van der Waals surface area contributed by atoms with Crippen LogP contribution in [0.5, 0.6) is 0 Å². The maximum Gasteiger partial charge on any atom is 0.226 e. The Hall–Kier alpha value is -2.10. The summed E-state index contributed by atoms with van der Waals surface area (Å²) in [5, 5.41) is 18.4. The van der Waals surface area contributed by atoms with Gasteiger partial charge in [0.25, 0.3) is 0 Å². The van der Waals surface area contributed by atoms with E-state index in [-0.39, 0.29) is 0 Å². The lowest BCUT2D eigenvalue weighted by Crippen LogP contribution is -2.54. The van der Waals surface area contributed by atoms with E-state index >= 15 is 0 Å². The fraction of sp³-hybridized carbons (Fsp3) is 0.375. The number of quaternary nitrogens is 1. The maximum absolute atomic E-state index is 9.46. The highest BCUT2D eigenvalue weighted by molar-refractivity contribution is 5.64. The Balaban J connectivity index is 2.27. The molecule has 0 N–H and O–H groups in total. The van der Waals surface area contributed by atoms with Crippen LogP contribution in [0.25, 0.3) is 0 Å². The second kappa shape index (κ2) is 4.53. The van der Waals surface area contributed by atoms with Crippen molar-refractivity contribution >= 4 is 5.69 Å². The Morgan fingerprint density at radius 3 is 2.26 bits per heavy atom. The molecular formula is C16H16N3+. The number of rotatable bonds is 1. The van der Waals surface area contributed by atoms with E-state index in [2.05, 4.69) is 24.3 Å². The first-order valence-corrected chi connectivity index (χ1v) is 6.81. The van der Waals surface area contributed by atoms with Gasteiger partial charge in [-0.2, -0.15) is 10.5 Å². The molecule has 0 aliphatic carbocycles. The van der Waals surface area contributed by atoms with Crippen LogP contribution >= 0.6 is 0 Å². The number of aryl methyl sites for hydroxylation is 2. The second-order valence-corrected chi connectivity index (χ2v) is 5.32. The Morgan fingerprint density at radius 2 is 1.74 bits per heavy atom. The largest absolute Gasteiger partial charge is 0.249 e. The summed E-state index contributed by atoms with van der Waals surface area (Å²) in [4.78, 5) is 0. The van der Waals surface area contributed by atoms with Gasteiger partial charge in [-0.3, -0.25) is 0 Å². The van der Waals surface area contributed by atoms with Gasteiger partial charge in [-0.25, -0.2) is 4.48 Å². The summed E-state index contributed by atoms with van der Waals surface area (Å²) in [6, 6.07) is 10.8. The SMILES string of the molecule is N#CC=C(C#N)[N+]12CCCc3cccc(c31)CCC2. The number of nitriles is 2. The van der Waals surface area contributed by atoms with Crippen LogP contribution in [0.3, 0.4) is 0 Å². The number of para-hydroxylation sites is 1. The summed E-state index contributed by atoms with van der Waals surface area (Å²) < 4.78 is 0.607. The van der Waals surface area contributed by atoms with Crippen molar-refractivity contribution in [1.82, 2.24) is 4.48 Å². The van der Waals surface area contributed by atoms with E-state index in [0.29, 0.717) is 10.2 Å². The minimum absolute atomic E-state index is 0.607. The molecule has 0 bridgehead atoms. The molecule has 0 atom stereocenters. The summed E-state index contributed by atoms with van der Waals surface area (Å²) in [6.07, 6.45) is 5.79. The van der Waals surface area contributed by atoms with Crippen LogP contribution in [0.15, 0.2) is 30.0 Å². The van der Waals surface area contributed by atoms with Crippen LogP contribution in [0.1, 0.15) is 24.0 Å². The molecule has 1 aromatic rings. The van der Waals surface area contributed by atoms with Crippen molar-refractivity contribution < 1.29 is 0 Å². The lowest BCUT2D eigenvalue weighted by atomic mass is 9.88. The highest BCUT2D eigenvalue weighted by Gasteiger charge is 2.43. The van der Waals surface area contributed by atoms with Crippen LogP contribution < -0.4 is 4.48 Å². The highest BCUT2D eigenvalue weighted by atomic mass is 15.4. The zero-order chi connectivity index (χ0) is 13.3. The van der Waals surface area contributed by atoms with Gasteiger partial charge in [0, 0.05) is 24.0 Å².